The Labute approximate surface area is 225 Å². The third-order valence-electron chi connectivity index (χ3n) is 1.79. The normalized spacial score (nSPS) is 18.1. The molecule has 0 fully saturated rings. The Bertz CT molecular complexity index is 445. The maximum absolute atomic E-state index is 10.5. The standard InChI is InChI=1S/4C2H7O2PS2.Mo/c4*1-4-5(3,6)7-2;/h4*1-2H3,(H,3,6);/q;;;;+4/p-4. The van der Waals surface area contributed by atoms with E-state index < -0.39 is 22.8 Å². The summed E-state index contributed by atoms with van der Waals surface area (Å²) in [6.45, 7) is 0. The molecule has 0 saturated carbocycles. The molecule has 0 N–H and O–H groups in total. The Kier molecular flexibility index (Phi) is 36.1. The second-order valence-corrected chi connectivity index (χ2v) is 28.4. The third-order valence-corrected chi connectivity index (χ3v) is 19.7. The summed E-state index contributed by atoms with van der Waals surface area (Å²) in [6, 6.07) is 0. The van der Waals surface area contributed by atoms with E-state index in [0.717, 1.165) is 45.5 Å². The average molecular weight is 725 g/mol. The first-order valence-electron chi connectivity index (χ1n) is 6.19. The van der Waals surface area contributed by atoms with Crippen LogP contribution >= 0.6 is 68.3 Å². The molecule has 4 unspecified atom stereocenters. The molecule has 8 nitrogen and oxygen atoms in total. The summed E-state index contributed by atoms with van der Waals surface area (Å²) in [5.74, 6) is 0. The zero-order valence-electron chi connectivity index (χ0n) is 16.7. The van der Waals surface area contributed by atoms with Crippen molar-refractivity contribution in [1.29, 1.82) is 0 Å². The predicted octanol–water partition coefficient (Wildman–Crippen LogP) is 2.32. The predicted molar refractivity (Wildman–Crippen MR) is 139 cm³/mol. The molecular weight excluding hydrogens is 700 g/mol. The monoisotopic (exact) mass is 726 g/mol. The number of rotatable bonds is 8. The van der Waals surface area contributed by atoms with Crippen molar-refractivity contribution in [3.05, 3.63) is 0 Å². The fourth-order valence-corrected chi connectivity index (χ4v) is 2.68. The largest absolute Gasteiger partial charge is 4.00 e. The molecule has 0 aliphatic carbocycles. The molecule has 0 aromatic carbocycles. The van der Waals surface area contributed by atoms with E-state index in [1.165, 1.54) is 28.4 Å². The first-order chi connectivity index (χ1) is 12.5. The second-order valence-electron chi connectivity index (χ2n) is 3.25. The van der Waals surface area contributed by atoms with E-state index in [1.54, 1.807) is 25.0 Å². The second kappa shape index (κ2) is 24.1. The van der Waals surface area contributed by atoms with E-state index in [-0.39, 0.29) is 21.1 Å². The van der Waals surface area contributed by atoms with Crippen LogP contribution in [0.25, 0.3) is 0 Å². The van der Waals surface area contributed by atoms with Crippen LogP contribution in [0.5, 0.6) is 0 Å². The summed E-state index contributed by atoms with van der Waals surface area (Å²) < 4.78 is 17.7. The zero-order chi connectivity index (χ0) is 23.7. The summed E-state index contributed by atoms with van der Waals surface area (Å²) in [5, 5.41) is 0. The van der Waals surface area contributed by atoms with E-state index in [2.05, 4.69) is 65.3 Å². The third kappa shape index (κ3) is 37.1. The van der Waals surface area contributed by atoms with Gasteiger partial charge in [-0.3, -0.25) is 0 Å². The van der Waals surface area contributed by atoms with Gasteiger partial charge in [-0.2, -0.15) is 0 Å². The summed E-state index contributed by atoms with van der Waals surface area (Å²) in [7, 11) is 5.41. The quantitative estimate of drug-likeness (QED) is 0.268. The van der Waals surface area contributed by atoms with Crippen LogP contribution in [0.15, 0.2) is 0 Å². The molecule has 0 aliphatic rings. The van der Waals surface area contributed by atoms with Gasteiger partial charge in [-0.25, -0.2) is 0 Å². The maximum atomic E-state index is 10.5. The molecule has 0 heterocycles. The number of hydrogen-bond donors (Lipinski definition) is 0. The molecule has 0 saturated heterocycles. The molecule has 0 aromatic heterocycles. The van der Waals surface area contributed by atoms with Crippen molar-refractivity contribution in [3.63, 3.8) is 0 Å². The SMILES string of the molecule is COP([O-])(=S)SC.COP([O-])(=S)SC.COP([O-])(=S)SC.COP([O-])(=S)SC.[Mo+4]. The first kappa shape index (κ1) is 43.4. The molecule has 0 bridgehead atoms. The van der Waals surface area contributed by atoms with Crippen molar-refractivity contribution in [2.45, 2.75) is 0 Å². The van der Waals surface area contributed by atoms with Crippen LogP contribution in [0.3, 0.4) is 0 Å². The van der Waals surface area contributed by atoms with E-state index >= 15 is 0 Å². The minimum absolute atomic E-state index is 0. The summed E-state index contributed by atoms with van der Waals surface area (Å²) >= 11 is 22.1. The Morgan fingerprint density at radius 2 is 0.586 bits per heavy atom. The van der Waals surface area contributed by atoms with Crippen LogP contribution in [-0.2, 0) is 86.4 Å². The summed E-state index contributed by atoms with van der Waals surface area (Å²) in [5.41, 5.74) is -10.6. The average Bonchev–Trinajstić information content (AvgIpc) is 2.69. The topological polar surface area (TPSA) is 129 Å². The molecule has 0 spiro atoms. The smallest absolute Gasteiger partial charge is 0.793 e. The van der Waals surface area contributed by atoms with Crippen LogP contribution in [-0.4, -0.2) is 53.5 Å². The maximum Gasteiger partial charge on any atom is 4.00 e. The molecule has 0 radical (unpaired) electrons. The van der Waals surface area contributed by atoms with Gasteiger partial charge in [0, 0.05) is 51.2 Å². The van der Waals surface area contributed by atoms with Crippen LogP contribution in [0, 0.1) is 0 Å². The molecule has 178 valence electrons. The Morgan fingerprint density at radius 3 is 0.586 bits per heavy atom. The van der Waals surface area contributed by atoms with Gasteiger partial charge in [-0.15, -0.1) is 45.5 Å². The van der Waals surface area contributed by atoms with Crippen LogP contribution in [0.1, 0.15) is 0 Å². The molecule has 0 rings (SSSR count). The zero-order valence-corrected chi connectivity index (χ0v) is 28.8. The van der Waals surface area contributed by atoms with Gasteiger partial charge in [0.2, 0.25) is 0 Å². The summed E-state index contributed by atoms with van der Waals surface area (Å²) in [4.78, 5) is 42.0. The van der Waals surface area contributed by atoms with Gasteiger partial charge < -0.3 is 37.7 Å². The van der Waals surface area contributed by atoms with Crippen molar-refractivity contribution < 1.29 is 58.7 Å². The van der Waals surface area contributed by atoms with E-state index in [1.807, 2.05) is 0 Å². The van der Waals surface area contributed by atoms with Gasteiger partial charge in [0.15, 0.2) is 0 Å². The number of hydrogen-bond acceptors (Lipinski definition) is 16. The Balaban J connectivity index is -0.0000000873. The fraction of sp³-hybridized carbons (Fsp3) is 1.00. The Hall–Kier alpha value is 4.37. The molecule has 0 amide bonds. The van der Waals surface area contributed by atoms with Crippen LogP contribution < -0.4 is 19.6 Å². The van der Waals surface area contributed by atoms with Crippen LogP contribution in [0.2, 0.25) is 0 Å². The first-order valence-corrected chi connectivity index (χ1v) is 24.1. The molecule has 0 aromatic rings. The van der Waals surface area contributed by atoms with Gasteiger partial charge in [-0.05, 0) is 25.0 Å². The van der Waals surface area contributed by atoms with Crippen LogP contribution in [0.4, 0.5) is 0 Å². The molecule has 0 aliphatic heterocycles. The van der Waals surface area contributed by atoms with Gasteiger partial charge >= 0.3 is 21.1 Å². The van der Waals surface area contributed by atoms with Crippen molar-refractivity contribution in [1.82, 2.24) is 0 Å². The van der Waals surface area contributed by atoms with E-state index in [9.17, 15) is 19.6 Å². The minimum Gasteiger partial charge on any atom is -0.793 e. The molecule has 4 atom stereocenters. The Morgan fingerprint density at radius 1 is 0.483 bits per heavy atom. The van der Waals surface area contributed by atoms with Gasteiger partial charge in [0.05, 0.1) is 0 Å². The minimum atomic E-state index is -2.65. The van der Waals surface area contributed by atoms with Crippen molar-refractivity contribution in [3.8, 4) is 0 Å². The van der Waals surface area contributed by atoms with Crippen molar-refractivity contribution in [2.24, 2.45) is 0 Å². The fourth-order valence-electron chi connectivity index (χ4n) is 0.298. The molecule has 29 heavy (non-hydrogen) atoms. The van der Waals surface area contributed by atoms with Gasteiger partial charge in [0.25, 0.3) is 0 Å². The van der Waals surface area contributed by atoms with E-state index in [4.69, 9.17) is 0 Å². The van der Waals surface area contributed by atoms with Gasteiger partial charge in [0.1, 0.15) is 0 Å². The molecule has 21 heteroatoms. The van der Waals surface area contributed by atoms with E-state index in [0.29, 0.717) is 0 Å². The summed E-state index contributed by atoms with van der Waals surface area (Å²) in [6.07, 6.45) is 6.66. The van der Waals surface area contributed by atoms with Crippen molar-refractivity contribution >= 4 is 116 Å². The van der Waals surface area contributed by atoms with Crippen molar-refractivity contribution in [2.75, 3.05) is 53.5 Å². The molecular formula is C8H24MoO8P4S8. The van der Waals surface area contributed by atoms with Gasteiger partial charge in [-0.1, -0.05) is 47.2 Å².